The van der Waals surface area contributed by atoms with E-state index in [2.05, 4.69) is 49.2 Å². The number of amides is 1. The van der Waals surface area contributed by atoms with Crippen molar-refractivity contribution in [1.82, 2.24) is 10.6 Å². The van der Waals surface area contributed by atoms with Crippen molar-refractivity contribution in [2.75, 3.05) is 19.6 Å². The van der Waals surface area contributed by atoms with Gasteiger partial charge < -0.3 is 10.6 Å². The maximum absolute atomic E-state index is 12.1. The molecule has 1 heterocycles. The smallest absolute Gasteiger partial charge is 0.252 e. The van der Waals surface area contributed by atoms with Crippen LogP contribution in [0.2, 0.25) is 0 Å². The lowest BCUT2D eigenvalue weighted by Gasteiger charge is -2.22. The number of benzene rings is 1. The molecule has 0 aliphatic carbocycles. The Morgan fingerprint density at radius 2 is 2.17 bits per heavy atom. The van der Waals surface area contributed by atoms with E-state index >= 15 is 0 Å². The van der Waals surface area contributed by atoms with Gasteiger partial charge in [-0.15, -0.1) is 0 Å². The van der Waals surface area contributed by atoms with Gasteiger partial charge in [-0.1, -0.05) is 0 Å². The topological polar surface area (TPSA) is 41.1 Å². The van der Waals surface area contributed by atoms with Crippen molar-refractivity contribution in [3.05, 3.63) is 31.8 Å². The molecule has 1 fully saturated rings. The van der Waals surface area contributed by atoms with Crippen molar-refractivity contribution in [3.63, 3.8) is 0 Å². The largest absolute Gasteiger partial charge is 0.352 e. The highest BCUT2D eigenvalue weighted by molar-refractivity contribution is 14.1. The zero-order valence-electron chi connectivity index (χ0n) is 10.0. The Hall–Kier alpha value is -0.140. The van der Waals surface area contributed by atoms with Crippen LogP contribution in [-0.2, 0) is 0 Å². The maximum Gasteiger partial charge on any atom is 0.252 e. The van der Waals surface area contributed by atoms with Gasteiger partial charge >= 0.3 is 0 Å². The van der Waals surface area contributed by atoms with E-state index in [1.165, 1.54) is 0 Å². The summed E-state index contributed by atoms with van der Waals surface area (Å²) in [5.41, 5.74) is 0.718. The number of piperidine rings is 1. The van der Waals surface area contributed by atoms with Crippen LogP contribution in [0.1, 0.15) is 23.2 Å². The van der Waals surface area contributed by atoms with Crippen LogP contribution in [0.15, 0.2) is 22.7 Å². The van der Waals surface area contributed by atoms with E-state index in [1.807, 2.05) is 18.2 Å². The van der Waals surface area contributed by atoms with Crippen LogP contribution in [-0.4, -0.2) is 25.5 Å². The zero-order chi connectivity index (χ0) is 13.0. The Kier molecular flexibility index (Phi) is 5.44. The molecular weight excluding hydrogens is 407 g/mol. The predicted octanol–water partition coefficient (Wildman–Crippen LogP) is 2.78. The average Bonchev–Trinajstić information content (AvgIpc) is 2.40. The number of hydrogen-bond donors (Lipinski definition) is 2. The molecule has 98 valence electrons. The van der Waals surface area contributed by atoms with E-state index in [9.17, 15) is 4.79 Å². The maximum atomic E-state index is 12.1. The molecule has 1 aliphatic rings. The van der Waals surface area contributed by atoms with Crippen molar-refractivity contribution in [2.45, 2.75) is 12.8 Å². The van der Waals surface area contributed by atoms with Gasteiger partial charge in [-0.3, -0.25) is 4.79 Å². The second-order valence-electron chi connectivity index (χ2n) is 4.53. The number of carbonyl (C=O) groups excluding carboxylic acids is 1. The Balaban J connectivity index is 1.92. The van der Waals surface area contributed by atoms with Crippen molar-refractivity contribution in [3.8, 4) is 0 Å². The first kappa shape index (κ1) is 14.3. The molecule has 5 heteroatoms. The van der Waals surface area contributed by atoms with E-state index in [0.29, 0.717) is 5.92 Å². The van der Waals surface area contributed by atoms with Gasteiger partial charge in [0.15, 0.2) is 0 Å². The predicted molar refractivity (Wildman–Crippen MR) is 84.8 cm³/mol. The first-order valence-corrected chi connectivity index (χ1v) is 7.98. The molecule has 3 nitrogen and oxygen atoms in total. The van der Waals surface area contributed by atoms with Crippen LogP contribution >= 0.6 is 38.5 Å². The summed E-state index contributed by atoms with van der Waals surface area (Å²) in [6.45, 7) is 2.90. The molecule has 0 radical (unpaired) electrons. The number of rotatable bonds is 3. The molecule has 1 saturated heterocycles. The summed E-state index contributed by atoms with van der Waals surface area (Å²) in [6.07, 6.45) is 2.29. The zero-order valence-corrected chi connectivity index (χ0v) is 13.8. The van der Waals surface area contributed by atoms with Gasteiger partial charge in [-0.2, -0.15) is 0 Å². The molecule has 1 amide bonds. The highest BCUT2D eigenvalue weighted by atomic mass is 127. The van der Waals surface area contributed by atoms with Gasteiger partial charge in [0, 0.05) is 14.6 Å². The molecule has 0 unspecified atom stereocenters. The van der Waals surface area contributed by atoms with Gasteiger partial charge in [-0.05, 0) is 88.6 Å². The van der Waals surface area contributed by atoms with Crippen LogP contribution < -0.4 is 10.6 Å². The lowest BCUT2D eigenvalue weighted by Crippen LogP contribution is -2.36. The van der Waals surface area contributed by atoms with Gasteiger partial charge in [0.25, 0.3) is 5.91 Å². The van der Waals surface area contributed by atoms with E-state index < -0.39 is 0 Å². The monoisotopic (exact) mass is 422 g/mol. The van der Waals surface area contributed by atoms with E-state index in [0.717, 1.165) is 46.1 Å². The van der Waals surface area contributed by atoms with Crippen LogP contribution in [0.5, 0.6) is 0 Å². The minimum Gasteiger partial charge on any atom is -0.352 e. The van der Waals surface area contributed by atoms with Crippen molar-refractivity contribution in [1.29, 1.82) is 0 Å². The lowest BCUT2D eigenvalue weighted by molar-refractivity contribution is 0.0943. The number of hydrogen-bond acceptors (Lipinski definition) is 2. The van der Waals surface area contributed by atoms with Crippen molar-refractivity contribution in [2.24, 2.45) is 5.92 Å². The minimum atomic E-state index is 0.0129. The lowest BCUT2D eigenvalue weighted by atomic mass is 9.98. The van der Waals surface area contributed by atoms with Crippen LogP contribution in [0.3, 0.4) is 0 Å². The van der Waals surface area contributed by atoms with E-state index in [-0.39, 0.29) is 5.91 Å². The SMILES string of the molecule is O=C(NCC1CCNCC1)c1cc(I)ccc1Br. The summed E-state index contributed by atoms with van der Waals surface area (Å²) < 4.78 is 1.92. The Labute approximate surface area is 129 Å². The fourth-order valence-corrected chi connectivity index (χ4v) is 3.01. The van der Waals surface area contributed by atoms with E-state index in [4.69, 9.17) is 0 Å². The molecular formula is C13H16BrIN2O. The highest BCUT2D eigenvalue weighted by Gasteiger charge is 2.15. The molecule has 2 N–H and O–H groups in total. The first-order chi connectivity index (χ1) is 8.66. The molecule has 0 spiro atoms. The molecule has 2 rings (SSSR count). The molecule has 0 atom stereocenters. The van der Waals surface area contributed by atoms with Gasteiger partial charge in [0.05, 0.1) is 5.56 Å². The summed E-state index contributed by atoms with van der Waals surface area (Å²) in [7, 11) is 0. The molecule has 1 aromatic rings. The second-order valence-corrected chi connectivity index (χ2v) is 6.63. The molecule has 0 saturated carbocycles. The Morgan fingerprint density at radius 1 is 1.44 bits per heavy atom. The number of nitrogens with one attached hydrogen (secondary N) is 2. The minimum absolute atomic E-state index is 0.0129. The molecule has 0 bridgehead atoms. The van der Waals surface area contributed by atoms with E-state index in [1.54, 1.807) is 0 Å². The second kappa shape index (κ2) is 6.86. The van der Waals surface area contributed by atoms with Gasteiger partial charge in [0.2, 0.25) is 0 Å². The highest BCUT2D eigenvalue weighted by Crippen LogP contribution is 2.19. The third-order valence-electron chi connectivity index (χ3n) is 3.18. The third kappa shape index (κ3) is 3.93. The quantitative estimate of drug-likeness (QED) is 0.735. The fraction of sp³-hybridized carbons (Fsp3) is 0.462. The standard InChI is InChI=1S/C13H16BrIN2O/c14-12-2-1-10(15)7-11(12)13(18)17-8-9-3-5-16-6-4-9/h1-2,7,9,16H,3-6,8H2,(H,17,18). The first-order valence-electron chi connectivity index (χ1n) is 6.11. The summed E-state index contributed by atoms with van der Waals surface area (Å²) in [6, 6.07) is 5.80. The number of carbonyl (C=O) groups is 1. The summed E-state index contributed by atoms with van der Waals surface area (Å²) in [5.74, 6) is 0.621. The van der Waals surface area contributed by atoms with Gasteiger partial charge in [-0.25, -0.2) is 0 Å². The van der Waals surface area contributed by atoms with Crippen LogP contribution in [0.25, 0.3) is 0 Å². The van der Waals surface area contributed by atoms with Crippen LogP contribution in [0.4, 0.5) is 0 Å². The normalized spacial score (nSPS) is 16.6. The molecule has 1 aromatic carbocycles. The third-order valence-corrected chi connectivity index (χ3v) is 4.55. The molecule has 0 aromatic heterocycles. The molecule has 18 heavy (non-hydrogen) atoms. The fourth-order valence-electron chi connectivity index (χ4n) is 2.09. The van der Waals surface area contributed by atoms with Crippen molar-refractivity contribution < 1.29 is 4.79 Å². The van der Waals surface area contributed by atoms with Crippen LogP contribution in [0, 0.1) is 9.49 Å². The number of halogens is 2. The summed E-state index contributed by atoms with van der Waals surface area (Å²) in [4.78, 5) is 12.1. The van der Waals surface area contributed by atoms with Crippen molar-refractivity contribution >= 4 is 44.4 Å². The molecule has 1 aliphatic heterocycles. The Bertz CT molecular complexity index is 433. The Morgan fingerprint density at radius 3 is 2.89 bits per heavy atom. The van der Waals surface area contributed by atoms with Gasteiger partial charge in [0.1, 0.15) is 0 Å². The summed E-state index contributed by atoms with van der Waals surface area (Å²) in [5, 5.41) is 6.37. The average molecular weight is 423 g/mol. The summed E-state index contributed by atoms with van der Waals surface area (Å²) >= 11 is 5.64.